The van der Waals surface area contributed by atoms with Gasteiger partial charge in [0.1, 0.15) is 5.82 Å². The van der Waals surface area contributed by atoms with Gasteiger partial charge in [-0.15, -0.1) is 0 Å². The van der Waals surface area contributed by atoms with Crippen molar-refractivity contribution < 1.29 is 14.7 Å². The Morgan fingerprint density at radius 2 is 1.88 bits per heavy atom. The second kappa shape index (κ2) is 9.40. The van der Waals surface area contributed by atoms with Crippen LogP contribution in [0, 0.1) is 5.92 Å². The fraction of sp³-hybridized carbons (Fsp3) is 0.375. The lowest BCUT2D eigenvalue weighted by Crippen LogP contribution is -2.28. The van der Waals surface area contributed by atoms with Gasteiger partial charge >= 0.3 is 6.03 Å². The maximum absolute atomic E-state index is 12.1. The number of hydrogen-bond acceptors (Lipinski definition) is 5. The predicted octanol–water partition coefficient (Wildman–Crippen LogP) is 4.12. The molecule has 0 spiro atoms. The van der Waals surface area contributed by atoms with Crippen molar-refractivity contribution in [3.05, 3.63) is 48.8 Å². The van der Waals surface area contributed by atoms with E-state index in [1.807, 2.05) is 50.2 Å². The zero-order valence-electron chi connectivity index (χ0n) is 19.2. The number of rotatable bonds is 7. The van der Waals surface area contributed by atoms with Crippen LogP contribution in [0.1, 0.15) is 34.1 Å². The molecular formula is C24H31N5O3. The Kier molecular flexibility index (Phi) is 6.84. The van der Waals surface area contributed by atoms with Crippen LogP contribution in [0.3, 0.4) is 0 Å². The minimum atomic E-state index is -0.841. The average molecular weight is 438 g/mol. The lowest BCUT2D eigenvalue weighted by Gasteiger charge is -2.28. The Labute approximate surface area is 188 Å². The summed E-state index contributed by atoms with van der Waals surface area (Å²) in [5.74, 6) is 0.217. The summed E-state index contributed by atoms with van der Waals surface area (Å²) in [5.41, 5.74) is 1.71. The maximum atomic E-state index is 12.1. The molecule has 0 aliphatic heterocycles. The fourth-order valence-corrected chi connectivity index (χ4v) is 3.31. The van der Waals surface area contributed by atoms with Gasteiger partial charge in [0.25, 0.3) is 0 Å². The molecule has 0 radical (unpaired) electrons. The van der Waals surface area contributed by atoms with Crippen LogP contribution in [-0.2, 0) is 4.79 Å². The van der Waals surface area contributed by atoms with Crippen LogP contribution in [0.5, 0.6) is 0 Å². The fourth-order valence-electron chi connectivity index (χ4n) is 3.31. The summed E-state index contributed by atoms with van der Waals surface area (Å²) in [7, 11) is 1.60. The number of aromatic nitrogens is 2. The van der Waals surface area contributed by atoms with Crippen LogP contribution in [0.4, 0.5) is 22.0 Å². The standard InChI is InChI=1S/C24H31N5O3/c1-16(2)22(30)27-21-15-19(8-11-26-21)28(13-10-24(3,4)32)18-6-7-20-17(14-18)9-12-29(20)23(31)25-5/h6-9,11-12,14-16,32H,10,13H2,1-5H3,(H,25,31)(H,26,27,30). The smallest absolute Gasteiger partial charge is 0.325 e. The largest absolute Gasteiger partial charge is 0.390 e. The van der Waals surface area contributed by atoms with Crippen LogP contribution >= 0.6 is 0 Å². The monoisotopic (exact) mass is 437 g/mol. The van der Waals surface area contributed by atoms with Gasteiger partial charge < -0.3 is 20.6 Å². The first-order valence-corrected chi connectivity index (χ1v) is 10.7. The van der Waals surface area contributed by atoms with E-state index >= 15 is 0 Å². The molecule has 170 valence electrons. The number of amides is 2. The number of aliphatic hydroxyl groups is 1. The van der Waals surface area contributed by atoms with E-state index in [0.29, 0.717) is 18.8 Å². The van der Waals surface area contributed by atoms with E-state index in [0.717, 1.165) is 22.3 Å². The van der Waals surface area contributed by atoms with Crippen LogP contribution < -0.4 is 15.5 Å². The molecule has 2 heterocycles. The molecule has 0 atom stereocenters. The average Bonchev–Trinajstić information content (AvgIpc) is 3.16. The molecule has 3 N–H and O–H groups in total. The van der Waals surface area contributed by atoms with Crippen molar-refractivity contribution in [3.63, 3.8) is 0 Å². The van der Waals surface area contributed by atoms with Crippen molar-refractivity contribution in [1.82, 2.24) is 14.9 Å². The van der Waals surface area contributed by atoms with Crippen molar-refractivity contribution >= 4 is 40.0 Å². The van der Waals surface area contributed by atoms with Gasteiger partial charge in [0.2, 0.25) is 5.91 Å². The zero-order chi connectivity index (χ0) is 23.5. The molecule has 0 saturated heterocycles. The number of fused-ring (bicyclic) bond motifs is 1. The van der Waals surface area contributed by atoms with Crippen molar-refractivity contribution in [3.8, 4) is 0 Å². The zero-order valence-corrected chi connectivity index (χ0v) is 19.2. The number of anilines is 3. The molecular weight excluding hydrogens is 406 g/mol. The maximum Gasteiger partial charge on any atom is 0.325 e. The Bertz CT molecular complexity index is 1110. The van der Waals surface area contributed by atoms with Gasteiger partial charge in [0.15, 0.2) is 0 Å². The van der Waals surface area contributed by atoms with Crippen LogP contribution in [0.15, 0.2) is 48.8 Å². The van der Waals surface area contributed by atoms with Crippen molar-refractivity contribution in [1.29, 1.82) is 0 Å². The summed E-state index contributed by atoms with van der Waals surface area (Å²) in [4.78, 5) is 30.5. The van der Waals surface area contributed by atoms with Crippen LogP contribution in [-0.4, -0.2) is 45.8 Å². The quantitative estimate of drug-likeness (QED) is 0.516. The van der Waals surface area contributed by atoms with Crippen LogP contribution in [0.25, 0.3) is 10.9 Å². The molecule has 3 rings (SSSR count). The molecule has 32 heavy (non-hydrogen) atoms. The number of carbonyl (C=O) groups is 2. The first-order valence-electron chi connectivity index (χ1n) is 10.7. The molecule has 1 aromatic carbocycles. The molecule has 0 aliphatic carbocycles. The van der Waals surface area contributed by atoms with Crippen molar-refractivity contribution in [2.24, 2.45) is 5.92 Å². The molecule has 0 saturated carbocycles. The topological polar surface area (TPSA) is 99.5 Å². The minimum absolute atomic E-state index is 0.102. The van der Waals surface area contributed by atoms with Gasteiger partial charge in [-0.05, 0) is 50.6 Å². The lowest BCUT2D eigenvalue weighted by molar-refractivity contribution is -0.118. The SMILES string of the molecule is CNC(=O)n1ccc2cc(N(CCC(C)(C)O)c3ccnc(NC(=O)C(C)C)c3)ccc21. The molecule has 3 aromatic rings. The summed E-state index contributed by atoms with van der Waals surface area (Å²) < 4.78 is 1.56. The molecule has 8 heteroatoms. The Morgan fingerprint density at radius 3 is 2.53 bits per heavy atom. The van der Waals surface area contributed by atoms with Gasteiger partial charge in [-0.3, -0.25) is 9.36 Å². The van der Waals surface area contributed by atoms with Crippen LogP contribution in [0.2, 0.25) is 0 Å². The number of hydrogen-bond donors (Lipinski definition) is 3. The van der Waals surface area contributed by atoms with E-state index in [1.54, 1.807) is 37.9 Å². The normalized spacial score (nSPS) is 11.6. The third-order valence-corrected chi connectivity index (χ3v) is 5.20. The third-order valence-electron chi connectivity index (χ3n) is 5.20. The third kappa shape index (κ3) is 5.45. The number of pyridine rings is 1. The Hall–Kier alpha value is -3.39. The molecule has 2 aromatic heterocycles. The van der Waals surface area contributed by atoms with Crippen molar-refractivity contribution in [2.45, 2.75) is 39.7 Å². The van der Waals surface area contributed by atoms with E-state index in [2.05, 4.69) is 20.5 Å². The highest BCUT2D eigenvalue weighted by Crippen LogP contribution is 2.31. The molecule has 0 bridgehead atoms. The first-order chi connectivity index (χ1) is 15.1. The molecule has 0 unspecified atom stereocenters. The lowest BCUT2D eigenvalue weighted by atomic mass is 10.0. The Morgan fingerprint density at radius 1 is 1.16 bits per heavy atom. The second-order valence-corrected chi connectivity index (χ2v) is 8.74. The number of benzene rings is 1. The first kappa shape index (κ1) is 23.3. The molecule has 8 nitrogen and oxygen atoms in total. The van der Waals surface area contributed by atoms with Gasteiger partial charge in [0, 0.05) is 54.7 Å². The highest BCUT2D eigenvalue weighted by molar-refractivity contribution is 5.94. The summed E-state index contributed by atoms with van der Waals surface area (Å²) in [5, 5.41) is 16.7. The van der Waals surface area contributed by atoms with E-state index < -0.39 is 5.60 Å². The molecule has 2 amide bonds. The summed E-state index contributed by atoms with van der Waals surface area (Å²) in [6.07, 6.45) is 3.92. The second-order valence-electron chi connectivity index (χ2n) is 8.74. The van der Waals surface area contributed by atoms with E-state index in [-0.39, 0.29) is 17.9 Å². The highest BCUT2D eigenvalue weighted by atomic mass is 16.3. The van der Waals surface area contributed by atoms with E-state index in [1.165, 1.54) is 0 Å². The van der Waals surface area contributed by atoms with Gasteiger partial charge in [-0.1, -0.05) is 13.8 Å². The Balaban J connectivity index is 1.99. The van der Waals surface area contributed by atoms with Crippen molar-refractivity contribution in [2.75, 3.05) is 23.8 Å². The number of nitrogens with zero attached hydrogens (tertiary/aromatic N) is 3. The van der Waals surface area contributed by atoms with E-state index in [9.17, 15) is 14.7 Å². The van der Waals surface area contributed by atoms with Gasteiger partial charge in [-0.2, -0.15) is 0 Å². The summed E-state index contributed by atoms with van der Waals surface area (Å²) in [6.45, 7) is 7.76. The number of nitrogens with one attached hydrogen (secondary N) is 2. The predicted molar refractivity (Wildman–Crippen MR) is 127 cm³/mol. The summed E-state index contributed by atoms with van der Waals surface area (Å²) in [6, 6.07) is 11.2. The van der Waals surface area contributed by atoms with Gasteiger partial charge in [-0.25, -0.2) is 9.78 Å². The molecule has 0 fully saturated rings. The minimum Gasteiger partial charge on any atom is -0.390 e. The van der Waals surface area contributed by atoms with Gasteiger partial charge in [0.05, 0.1) is 11.1 Å². The molecule has 0 aliphatic rings. The summed E-state index contributed by atoms with van der Waals surface area (Å²) >= 11 is 0. The highest BCUT2D eigenvalue weighted by Gasteiger charge is 2.19. The number of carbonyl (C=O) groups excluding carboxylic acids is 2. The van der Waals surface area contributed by atoms with E-state index in [4.69, 9.17) is 0 Å².